The average molecular weight is 396 g/mol. The molecule has 0 bridgehead atoms. The molecule has 0 heterocycles. The Morgan fingerprint density at radius 1 is 1.25 bits per heavy atom. The van der Waals surface area contributed by atoms with Crippen molar-refractivity contribution >= 4 is 21.6 Å². The van der Waals surface area contributed by atoms with Crippen LogP contribution in [0.1, 0.15) is 64.5 Å². The Morgan fingerprint density at radius 3 is 2.25 bits per heavy atom. The van der Waals surface area contributed by atoms with Crippen LogP contribution in [0.5, 0.6) is 0 Å². The molecule has 1 aliphatic carbocycles. The molecule has 1 aromatic rings. The van der Waals surface area contributed by atoms with E-state index < -0.39 is 5.60 Å². The monoisotopic (exact) mass is 395 g/mol. The molecule has 134 valence electrons. The summed E-state index contributed by atoms with van der Waals surface area (Å²) in [7, 11) is 1.70. The third-order valence-corrected chi connectivity index (χ3v) is 6.49. The lowest BCUT2D eigenvalue weighted by atomic mass is 9.65. The van der Waals surface area contributed by atoms with Crippen molar-refractivity contribution < 1.29 is 9.94 Å². The standard InChI is InChI=1S/C20H30BrNO2/c1-13(2)14-7-9-15(10-8-14)20(24-6)17(21)11-16(19(3,4)5)12-18(20)22-23/h7-10,13,16-17,23H,11-12H2,1-6H3/b22-18+/t16-,17-,20+/m1/s1. The van der Waals surface area contributed by atoms with E-state index >= 15 is 0 Å². The first-order chi connectivity index (χ1) is 11.2. The van der Waals surface area contributed by atoms with Gasteiger partial charge in [-0.05, 0) is 41.2 Å². The summed E-state index contributed by atoms with van der Waals surface area (Å²) in [6, 6.07) is 8.50. The molecule has 2 rings (SSSR count). The minimum Gasteiger partial charge on any atom is -0.411 e. The minimum atomic E-state index is -0.716. The average Bonchev–Trinajstić information content (AvgIpc) is 2.53. The molecule has 0 unspecified atom stereocenters. The van der Waals surface area contributed by atoms with Gasteiger partial charge in [0.2, 0.25) is 0 Å². The van der Waals surface area contributed by atoms with Crippen LogP contribution < -0.4 is 0 Å². The van der Waals surface area contributed by atoms with Gasteiger partial charge in [-0.15, -0.1) is 0 Å². The van der Waals surface area contributed by atoms with E-state index in [1.54, 1.807) is 7.11 Å². The number of methoxy groups -OCH3 is 1. The maximum absolute atomic E-state index is 9.75. The fourth-order valence-corrected chi connectivity index (χ4v) is 4.83. The zero-order valence-electron chi connectivity index (χ0n) is 15.6. The van der Waals surface area contributed by atoms with Gasteiger partial charge < -0.3 is 9.94 Å². The molecule has 3 nitrogen and oxygen atoms in total. The van der Waals surface area contributed by atoms with Crippen molar-refractivity contribution in [3.63, 3.8) is 0 Å². The molecule has 4 heteroatoms. The zero-order chi connectivity index (χ0) is 18.1. The Bertz CT molecular complexity index is 589. The third-order valence-electron chi connectivity index (χ3n) is 5.47. The van der Waals surface area contributed by atoms with Crippen molar-refractivity contribution in [1.29, 1.82) is 0 Å². The van der Waals surface area contributed by atoms with E-state index in [0.29, 0.717) is 17.5 Å². The first kappa shape index (κ1) is 19.5. The van der Waals surface area contributed by atoms with E-state index in [4.69, 9.17) is 4.74 Å². The molecule has 0 spiro atoms. The van der Waals surface area contributed by atoms with E-state index in [0.717, 1.165) is 18.4 Å². The Balaban J connectivity index is 2.46. The molecule has 24 heavy (non-hydrogen) atoms. The fourth-order valence-electron chi connectivity index (χ4n) is 3.67. The van der Waals surface area contributed by atoms with Gasteiger partial charge in [0.25, 0.3) is 0 Å². The molecule has 1 fully saturated rings. The highest BCUT2D eigenvalue weighted by Gasteiger charge is 2.51. The molecule has 0 radical (unpaired) electrons. The molecular weight excluding hydrogens is 366 g/mol. The summed E-state index contributed by atoms with van der Waals surface area (Å²) in [5.74, 6) is 0.922. The Morgan fingerprint density at radius 2 is 1.83 bits per heavy atom. The van der Waals surface area contributed by atoms with E-state index in [9.17, 15) is 5.21 Å². The second kappa shape index (κ2) is 7.17. The number of hydrogen-bond acceptors (Lipinski definition) is 3. The lowest BCUT2D eigenvalue weighted by Crippen LogP contribution is -2.52. The van der Waals surface area contributed by atoms with Gasteiger partial charge in [-0.1, -0.05) is 80.0 Å². The number of rotatable bonds is 3. The predicted molar refractivity (Wildman–Crippen MR) is 103 cm³/mol. The van der Waals surface area contributed by atoms with Crippen LogP contribution in [0.2, 0.25) is 0 Å². The summed E-state index contributed by atoms with van der Waals surface area (Å²) < 4.78 is 6.00. The first-order valence-electron chi connectivity index (χ1n) is 8.67. The summed E-state index contributed by atoms with van der Waals surface area (Å²) in [4.78, 5) is 0.0591. The smallest absolute Gasteiger partial charge is 0.146 e. The molecule has 1 N–H and O–H groups in total. The van der Waals surface area contributed by atoms with Crippen molar-refractivity contribution in [2.45, 2.75) is 63.8 Å². The van der Waals surface area contributed by atoms with E-state index in [1.807, 2.05) is 0 Å². The maximum Gasteiger partial charge on any atom is 0.146 e. The lowest BCUT2D eigenvalue weighted by Gasteiger charge is -2.47. The molecule has 1 saturated carbocycles. The number of halogens is 1. The van der Waals surface area contributed by atoms with E-state index in [2.05, 4.69) is 80.0 Å². The number of nitrogens with zero attached hydrogens (tertiary/aromatic N) is 1. The topological polar surface area (TPSA) is 41.8 Å². The minimum absolute atomic E-state index is 0.0591. The second-order valence-electron chi connectivity index (χ2n) is 8.23. The number of alkyl halides is 1. The molecule has 0 amide bonds. The summed E-state index contributed by atoms with van der Waals surface area (Å²) in [6.07, 6.45) is 1.71. The second-order valence-corrected chi connectivity index (χ2v) is 9.34. The fraction of sp³-hybridized carbons (Fsp3) is 0.650. The highest BCUT2D eigenvalue weighted by Crippen LogP contribution is 2.48. The SMILES string of the molecule is CO[C@]1(c2ccc(C(C)C)cc2)/C(=N/O)C[C@H](C(C)(C)C)C[C@H]1Br. The third kappa shape index (κ3) is 3.41. The van der Waals surface area contributed by atoms with Gasteiger partial charge in [0.15, 0.2) is 0 Å². The normalized spacial score (nSPS) is 30.1. The summed E-state index contributed by atoms with van der Waals surface area (Å²) in [5, 5.41) is 13.4. The summed E-state index contributed by atoms with van der Waals surface area (Å²) >= 11 is 3.85. The van der Waals surface area contributed by atoms with Gasteiger partial charge in [0, 0.05) is 7.11 Å². The van der Waals surface area contributed by atoms with Crippen LogP contribution in [0.15, 0.2) is 29.4 Å². The summed E-state index contributed by atoms with van der Waals surface area (Å²) in [6.45, 7) is 11.1. The Hall–Kier alpha value is -0.870. The van der Waals surface area contributed by atoms with Gasteiger partial charge >= 0.3 is 0 Å². The zero-order valence-corrected chi connectivity index (χ0v) is 17.2. The molecule has 1 aromatic carbocycles. The van der Waals surface area contributed by atoms with Crippen LogP contribution in [0.4, 0.5) is 0 Å². The van der Waals surface area contributed by atoms with Crippen molar-refractivity contribution in [1.82, 2.24) is 0 Å². The molecule has 3 atom stereocenters. The Labute approximate surface area is 154 Å². The maximum atomic E-state index is 9.75. The van der Waals surface area contributed by atoms with Gasteiger partial charge in [-0.3, -0.25) is 0 Å². The molecule has 1 aliphatic rings. The highest BCUT2D eigenvalue weighted by molar-refractivity contribution is 9.09. The number of benzene rings is 1. The Kier molecular flexibility index (Phi) is 5.81. The lowest BCUT2D eigenvalue weighted by molar-refractivity contribution is 0.0175. The number of oxime groups is 1. The summed E-state index contributed by atoms with van der Waals surface area (Å²) in [5.41, 5.74) is 2.48. The first-order valence-corrected chi connectivity index (χ1v) is 9.59. The highest BCUT2D eigenvalue weighted by atomic mass is 79.9. The van der Waals surface area contributed by atoms with Crippen molar-refractivity contribution in [2.24, 2.45) is 16.5 Å². The van der Waals surface area contributed by atoms with Crippen molar-refractivity contribution in [2.75, 3.05) is 7.11 Å². The van der Waals surface area contributed by atoms with Crippen LogP contribution >= 0.6 is 15.9 Å². The number of hydrogen-bond donors (Lipinski definition) is 1. The van der Waals surface area contributed by atoms with E-state index in [-0.39, 0.29) is 10.2 Å². The van der Waals surface area contributed by atoms with Gasteiger partial charge in [0.1, 0.15) is 5.60 Å². The largest absolute Gasteiger partial charge is 0.411 e. The van der Waals surface area contributed by atoms with Crippen LogP contribution in [0, 0.1) is 11.3 Å². The van der Waals surface area contributed by atoms with Gasteiger partial charge in [0.05, 0.1) is 10.5 Å². The molecule has 0 saturated heterocycles. The van der Waals surface area contributed by atoms with Crippen LogP contribution in [-0.2, 0) is 10.3 Å². The van der Waals surface area contributed by atoms with Crippen LogP contribution in [-0.4, -0.2) is 22.9 Å². The molecule has 0 aromatic heterocycles. The van der Waals surface area contributed by atoms with Crippen LogP contribution in [0.25, 0.3) is 0 Å². The van der Waals surface area contributed by atoms with Gasteiger partial charge in [-0.2, -0.15) is 0 Å². The van der Waals surface area contributed by atoms with Crippen LogP contribution in [0.3, 0.4) is 0 Å². The van der Waals surface area contributed by atoms with Gasteiger partial charge in [-0.25, -0.2) is 0 Å². The molecular formula is C20H30BrNO2. The van der Waals surface area contributed by atoms with E-state index in [1.165, 1.54) is 5.56 Å². The quantitative estimate of drug-likeness (QED) is 0.404. The molecule has 0 aliphatic heterocycles. The van der Waals surface area contributed by atoms with Crippen molar-refractivity contribution in [3.8, 4) is 0 Å². The van der Waals surface area contributed by atoms with Crippen molar-refractivity contribution in [3.05, 3.63) is 35.4 Å². The predicted octanol–water partition coefficient (Wildman–Crippen LogP) is 5.70. The number of ether oxygens (including phenoxy) is 1.